The average Bonchev–Trinajstić information content (AvgIpc) is 2.91. The van der Waals surface area contributed by atoms with Crippen molar-refractivity contribution in [3.8, 4) is 0 Å². The standard InChI is InChI=1S/C23H30O4/c1-14(24)27-11-9-15-5-7-19-18-6-4-16-12-17(25)8-10-22(16,2)21(18)20(26)13-23(15,19)3/h9,12,18-19,21H,4-8,10-11,13H2,1-3H3/b15-9+/t18-,19-,21+,22-,23+/m0/s1. The van der Waals surface area contributed by atoms with Crippen molar-refractivity contribution in [2.75, 3.05) is 6.61 Å². The summed E-state index contributed by atoms with van der Waals surface area (Å²) in [5.41, 5.74) is 2.30. The summed E-state index contributed by atoms with van der Waals surface area (Å²) in [5, 5.41) is 0. The molecule has 5 atom stereocenters. The van der Waals surface area contributed by atoms with Crippen LogP contribution in [-0.2, 0) is 19.1 Å². The van der Waals surface area contributed by atoms with Crippen molar-refractivity contribution in [1.82, 2.24) is 0 Å². The van der Waals surface area contributed by atoms with Crippen molar-refractivity contribution in [2.24, 2.45) is 28.6 Å². The minimum atomic E-state index is -0.266. The van der Waals surface area contributed by atoms with Crippen LogP contribution in [-0.4, -0.2) is 24.1 Å². The van der Waals surface area contributed by atoms with E-state index in [0.29, 0.717) is 37.1 Å². The minimum absolute atomic E-state index is 0.0662. The SMILES string of the molecule is CC(=O)OC/C=C1\CC[C@H]2[C@@H]3CCC4=CC(=O)CC[C@]4(C)[C@H]3C(=O)C[C@]12C. The zero-order valence-corrected chi connectivity index (χ0v) is 16.7. The highest BCUT2D eigenvalue weighted by molar-refractivity contribution is 5.93. The van der Waals surface area contributed by atoms with Crippen molar-refractivity contribution in [1.29, 1.82) is 0 Å². The van der Waals surface area contributed by atoms with Gasteiger partial charge in [0.1, 0.15) is 12.4 Å². The molecule has 146 valence electrons. The summed E-state index contributed by atoms with van der Waals surface area (Å²) in [7, 11) is 0. The second-order valence-electron chi connectivity index (χ2n) is 9.47. The van der Waals surface area contributed by atoms with Crippen molar-refractivity contribution in [3.63, 3.8) is 0 Å². The number of ether oxygens (including phenoxy) is 1. The summed E-state index contributed by atoms with van der Waals surface area (Å²) in [5.74, 6) is 1.33. The average molecular weight is 370 g/mol. The third kappa shape index (κ3) is 2.83. The predicted octanol–water partition coefficient (Wildman–Crippen LogP) is 4.19. The Morgan fingerprint density at radius 2 is 1.96 bits per heavy atom. The fraction of sp³-hybridized carbons (Fsp3) is 0.696. The monoisotopic (exact) mass is 370 g/mol. The summed E-state index contributed by atoms with van der Waals surface area (Å²) in [6.45, 7) is 6.21. The quantitative estimate of drug-likeness (QED) is 0.540. The van der Waals surface area contributed by atoms with Gasteiger partial charge in [0.25, 0.3) is 0 Å². The van der Waals surface area contributed by atoms with Gasteiger partial charge in [0.15, 0.2) is 5.78 Å². The van der Waals surface area contributed by atoms with Crippen LogP contribution in [0.15, 0.2) is 23.3 Å². The molecule has 0 bridgehead atoms. The molecular formula is C23H30O4. The molecule has 4 aliphatic carbocycles. The number of rotatable bonds is 2. The molecule has 0 aromatic rings. The van der Waals surface area contributed by atoms with Gasteiger partial charge >= 0.3 is 5.97 Å². The lowest BCUT2D eigenvalue weighted by Gasteiger charge is -2.56. The number of fused-ring (bicyclic) bond motifs is 5. The van der Waals surface area contributed by atoms with Crippen LogP contribution in [0.25, 0.3) is 0 Å². The van der Waals surface area contributed by atoms with Crippen LogP contribution in [0.1, 0.15) is 65.7 Å². The van der Waals surface area contributed by atoms with Crippen LogP contribution in [0.3, 0.4) is 0 Å². The van der Waals surface area contributed by atoms with E-state index in [-0.39, 0.29) is 28.5 Å². The van der Waals surface area contributed by atoms with Gasteiger partial charge in [0, 0.05) is 25.7 Å². The zero-order chi connectivity index (χ0) is 19.4. The largest absolute Gasteiger partial charge is 0.462 e. The van der Waals surface area contributed by atoms with E-state index < -0.39 is 0 Å². The topological polar surface area (TPSA) is 60.4 Å². The van der Waals surface area contributed by atoms with Crippen LogP contribution in [0.4, 0.5) is 0 Å². The van der Waals surface area contributed by atoms with E-state index in [0.717, 1.165) is 32.1 Å². The molecule has 4 aliphatic rings. The van der Waals surface area contributed by atoms with Gasteiger partial charge < -0.3 is 4.74 Å². The fourth-order valence-corrected chi connectivity index (χ4v) is 6.83. The van der Waals surface area contributed by atoms with Crippen molar-refractivity contribution < 1.29 is 19.1 Å². The second-order valence-corrected chi connectivity index (χ2v) is 9.47. The molecule has 0 heterocycles. The molecular weight excluding hydrogens is 340 g/mol. The first-order chi connectivity index (χ1) is 12.8. The molecule has 0 N–H and O–H groups in total. The second kappa shape index (κ2) is 6.42. The van der Waals surface area contributed by atoms with Gasteiger partial charge in [-0.2, -0.15) is 0 Å². The number of hydrogen-bond donors (Lipinski definition) is 0. The molecule has 0 aromatic heterocycles. The summed E-state index contributed by atoms with van der Waals surface area (Å²) in [6, 6.07) is 0. The fourth-order valence-electron chi connectivity index (χ4n) is 6.83. The molecule has 3 fully saturated rings. The van der Waals surface area contributed by atoms with Gasteiger partial charge in [-0.05, 0) is 66.9 Å². The van der Waals surface area contributed by atoms with Gasteiger partial charge in [-0.1, -0.05) is 25.0 Å². The lowest BCUT2D eigenvalue weighted by Crippen LogP contribution is -2.54. The third-order valence-corrected chi connectivity index (χ3v) is 8.12. The first-order valence-electron chi connectivity index (χ1n) is 10.3. The third-order valence-electron chi connectivity index (χ3n) is 8.12. The van der Waals surface area contributed by atoms with E-state index in [9.17, 15) is 14.4 Å². The van der Waals surface area contributed by atoms with Crippen LogP contribution >= 0.6 is 0 Å². The molecule has 0 saturated heterocycles. The highest BCUT2D eigenvalue weighted by Crippen LogP contribution is 2.65. The molecule has 27 heavy (non-hydrogen) atoms. The first-order valence-corrected chi connectivity index (χ1v) is 10.3. The molecule has 4 heteroatoms. The van der Waals surface area contributed by atoms with Crippen LogP contribution in [0, 0.1) is 28.6 Å². The van der Waals surface area contributed by atoms with Gasteiger partial charge in [0.05, 0.1) is 0 Å². The maximum Gasteiger partial charge on any atom is 0.302 e. The Balaban J connectivity index is 1.64. The van der Waals surface area contributed by atoms with E-state index in [4.69, 9.17) is 4.74 Å². The van der Waals surface area contributed by atoms with E-state index in [1.165, 1.54) is 18.1 Å². The number of allylic oxidation sites excluding steroid dienone is 2. The maximum absolute atomic E-state index is 13.4. The normalized spacial score (nSPS) is 42.3. The summed E-state index contributed by atoms with van der Waals surface area (Å²) < 4.78 is 5.12. The number of carbonyl (C=O) groups is 3. The Kier molecular flexibility index (Phi) is 4.44. The minimum Gasteiger partial charge on any atom is -0.462 e. The van der Waals surface area contributed by atoms with Crippen molar-refractivity contribution >= 4 is 17.5 Å². The molecule has 0 spiro atoms. The highest BCUT2D eigenvalue weighted by Gasteiger charge is 2.60. The van der Waals surface area contributed by atoms with Gasteiger partial charge in [-0.25, -0.2) is 0 Å². The smallest absolute Gasteiger partial charge is 0.302 e. The Morgan fingerprint density at radius 3 is 2.70 bits per heavy atom. The maximum atomic E-state index is 13.4. The zero-order valence-electron chi connectivity index (χ0n) is 16.7. The van der Waals surface area contributed by atoms with Crippen molar-refractivity contribution in [2.45, 2.75) is 65.7 Å². The number of Topliss-reactive ketones (excluding diaryl/α,β-unsaturated/α-hetero) is 1. The first kappa shape index (κ1) is 18.6. The summed E-state index contributed by atoms with van der Waals surface area (Å²) >= 11 is 0. The van der Waals surface area contributed by atoms with Crippen molar-refractivity contribution in [3.05, 3.63) is 23.3 Å². The molecule has 4 rings (SSSR count). The van der Waals surface area contributed by atoms with E-state index in [1.54, 1.807) is 0 Å². The Labute approximate surface area is 161 Å². The molecule has 4 nitrogen and oxygen atoms in total. The molecule has 0 amide bonds. The lowest BCUT2D eigenvalue weighted by atomic mass is 9.47. The summed E-state index contributed by atoms with van der Waals surface area (Å²) in [4.78, 5) is 36.4. The predicted molar refractivity (Wildman–Crippen MR) is 102 cm³/mol. The number of ketones is 2. The van der Waals surface area contributed by atoms with E-state index in [2.05, 4.69) is 13.8 Å². The van der Waals surface area contributed by atoms with E-state index >= 15 is 0 Å². The van der Waals surface area contributed by atoms with Crippen LogP contribution < -0.4 is 0 Å². The molecule has 0 radical (unpaired) electrons. The number of esters is 1. The number of hydrogen-bond acceptors (Lipinski definition) is 4. The lowest BCUT2D eigenvalue weighted by molar-refractivity contribution is -0.143. The van der Waals surface area contributed by atoms with Crippen LogP contribution in [0.5, 0.6) is 0 Å². The van der Waals surface area contributed by atoms with Gasteiger partial charge in [0.2, 0.25) is 0 Å². The number of carbonyl (C=O) groups excluding carboxylic acids is 3. The molecule has 3 saturated carbocycles. The Morgan fingerprint density at radius 1 is 1.19 bits per heavy atom. The molecule has 0 unspecified atom stereocenters. The molecule has 0 aromatic carbocycles. The van der Waals surface area contributed by atoms with E-state index in [1.807, 2.05) is 12.2 Å². The summed E-state index contributed by atoms with van der Waals surface area (Å²) in [6.07, 6.45) is 9.96. The van der Waals surface area contributed by atoms with Gasteiger partial charge in [-0.3, -0.25) is 14.4 Å². The highest BCUT2D eigenvalue weighted by atomic mass is 16.5. The van der Waals surface area contributed by atoms with Crippen LogP contribution in [0.2, 0.25) is 0 Å². The Bertz CT molecular complexity index is 760. The van der Waals surface area contributed by atoms with Gasteiger partial charge in [-0.15, -0.1) is 0 Å². The molecule has 0 aliphatic heterocycles. The Hall–Kier alpha value is -1.71.